The zero-order valence-electron chi connectivity index (χ0n) is 9.34. The van der Waals surface area contributed by atoms with Crippen LogP contribution >= 0.6 is 24.0 Å². The molecule has 0 saturated heterocycles. The summed E-state index contributed by atoms with van der Waals surface area (Å²) in [5, 5.41) is 3.12. The Bertz CT molecular complexity index is 460. The fourth-order valence-corrected chi connectivity index (χ4v) is 2.53. The molecule has 0 saturated carbocycles. The number of anilines is 1. The van der Waals surface area contributed by atoms with Crippen LogP contribution in [-0.4, -0.2) is 19.1 Å². The predicted molar refractivity (Wildman–Crippen MR) is 74.6 cm³/mol. The SMILES string of the molecule is CN(C)c1ccc(-c2nc(CS)cs2)cc1. The third-order valence-electron chi connectivity index (χ3n) is 2.34. The first kappa shape index (κ1) is 11.5. The zero-order valence-corrected chi connectivity index (χ0v) is 11.1. The van der Waals surface area contributed by atoms with Crippen molar-refractivity contribution in [3.8, 4) is 10.6 Å². The Morgan fingerprint density at radius 1 is 1.25 bits per heavy atom. The smallest absolute Gasteiger partial charge is 0.123 e. The van der Waals surface area contributed by atoms with Crippen LogP contribution in [0.2, 0.25) is 0 Å². The molecule has 16 heavy (non-hydrogen) atoms. The van der Waals surface area contributed by atoms with E-state index < -0.39 is 0 Å². The molecule has 0 unspecified atom stereocenters. The van der Waals surface area contributed by atoms with Crippen molar-refractivity contribution in [3.63, 3.8) is 0 Å². The molecule has 84 valence electrons. The highest BCUT2D eigenvalue weighted by molar-refractivity contribution is 7.79. The largest absolute Gasteiger partial charge is 0.378 e. The second-order valence-corrected chi connectivity index (χ2v) is 4.92. The van der Waals surface area contributed by atoms with Gasteiger partial charge in [-0.25, -0.2) is 4.98 Å². The van der Waals surface area contributed by atoms with Crippen LogP contribution in [0.5, 0.6) is 0 Å². The van der Waals surface area contributed by atoms with Crippen molar-refractivity contribution >= 4 is 29.7 Å². The van der Waals surface area contributed by atoms with Gasteiger partial charge in [-0.2, -0.15) is 12.6 Å². The molecule has 0 fully saturated rings. The Hall–Kier alpha value is -1.00. The lowest BCUT2D eigenvalue weighted by molar-refractivity contribution is 1.13. The number of nitrogens with zero attached hydrogens (tertiary/aromatic N) is 2. The highest BCUT2D eigenvalue weighted by Crippen LogP contribution is 2.26. The summed E-state index contributed by atoms with van der Waals surface area (Å²) in [6.07, 6.45) is 0. The minimum Gasteiger partial charge on any atom is -0.378 e. The van der Waals surface area contributed by atoms with Crippen molar-refractivity contribution in [2.75, 3.05) is 19.0 Å². The van der Waals surface area contributed by atoms with Gasteiger partial charge < -0.3 is 4.90 Å². The molecule has 0 aliphatic carbocycles. The van der Waals surface area contributed by atoms with Crippen molar-refractivity contribution in [3.05, 3.63) is 35.3 Å². The summed E-state index contributed by atoms with van der Waals surface area (Å²) >= 11 is 5.88. The van der Waals surface area contributed by atoms with Gasteiger partial charge in [0.2, 0.25) is 0 Å². The van der Waals surface area contributed by atoms with Gasteiger partial charge in [-0.05, 0) is 24.3 Å². The van der Waals surface area contributed by atoms with Crippen molar-refractivity contribution in [1.29, 1.82) is 0 Å². The lowest BCUT2D eigenvalue weighted by Crippen LogP contribution is -2.07. The van der Waals surface area contributed by atoms with Crippen LogP contribution in [0.15, 0.2) is 29.6 Å². The normalized spacial score (nSPS) is 10.4. The first-order valence-corrected chi connectivity index (χ1v) is 6.55. The fourth-order valence-electron chi connectivity index (χ4n) is 1.41. The summed E-state index contributed by atoms with van der Waals surface area (Å²) in [6.45, 7) is 0. The van der Waals surface area contributed by atoms with E-state index in [0.717, 1.165) is 10.7 Å². The Morgan fingerprint density at radius 2 is 1.94 bits per heavy atom. The number of hydrogen-bond donors (Lipinski definition) is 1. The van der Waals surface area contributed by atoms with E-state index in [9.17, 15) is 0 Å². The van der Waals surface area contributed by atoms with Crippen LogP contribution < -0.4 is 4.90 Å². The third-order valence-corrected chi connectivity index (χ3v) is 3.61. The van der Waals surface area contributed by atoms with Gasteiger partial charge in [-0.1, -0.05) is 0 Å². The quantitative estimate of drug-likeness (QED) is 0.841. The molecule has 2 nitrogen and oxygen atoms in total. The summed E-state index contributed by atoms with van der Waals surface area (Å²) in [7, 11) is 4.08. The Kier molecular flexibility index (Phi) is 3.51. The van der Waals surface area contributed by atoms with Crippen LogP contribution in [0.4, 0.5) is 5.69 Å². The van der Waals surface area contributed by atoms with Crippen molar-refractivity contribution in [1.82, 2.24) is 4.98 Å². The molecule has 0 aliphatic heterocycles. The predicted octanol–water partition coefficient (Wildman–Crippen LogP) is 3.31. The summed E-state index contributed by atoms with van der Waals surface area (Å²) in [5.41, 5.74) is 3.42. The van der Waals surface area contributed by atoms with Gasteiger partial charge in [0.25, 0.3) is 0 Å². The Balaban J connectivity index is 2.27. The van der Waals surface area contributed by atoms with Crippen molar-refractivity contribution in [2.45, 2.75) is 5.75 Å². The average molecular weight is 250 g/mol. The summed E-state index contributed by atoms with van der Waals surface area (Å²) in [6, 6.07) is 8.43. The monoisotopic (exact) mass is 250 g/mol. The van der Waals surface area contributed by atoms with E-state index >= 15 is 0 Å². The van der Waals surface area contributed by atoms with Gasteiger partial charge in [0, 0.05) is 36.5 Å². The van der Waals surface area contributed by atoms with Gasteiger partial charge in [-0.3, -0.25) is 0 Å². The molecule has 0 atom stereocenters. The maximum atomic E-state index is 4.50. The maximum absolute atomic E-state index is 4.50. The minimum atomic E-state index is 0.701. The van der Waals surface area contributed by atoms with Crippen LogP contribution in [0.1, 0.15) is 5.69 Å². The number of aromatic nitrogens is 1. The van der Waals surface area contributed by atoms with E-state index in [4.69, 9.17) is 0 Å². The number of hydrogen-bond acceptors (Lipinski definition) is 4. The number of thiazole rings is 1. The Morgan fingerprint density at radius 3 is 2.44 bits per heavy atom. The number of benzene rings is 1. The lowest BCUT2D eigenvalue weighted by Gasteiger charge is -2.11. The Labute approximate surface area is 105 Å². The lowest BCUT2D eigenvalue weighted by atomic mass is 10.2. The molecule has 0 amide bonds. The molecule has 1 aromatic carbocycles. The summed E-state index contributed by atoms with van der Waals surface area (Å²) in [5.74, 6) is 0.701. The molecule has 0 N–H and O–H groups in total. The third kappa shape index (κ3) is 2.39. The van der Waals surface area contributed by atoms with Crippen molar-refractivity contribution in [2.24, 2.45) is 0 Å². The van der Waals surface area contributed by atoms with Gasteiger partial charge in [0.15, 0.2) is 0 Å². The fraction of sp³-hybridized carbons (Fsp3) is 0.250. The second-order valence-electron chi connectivity index (χ2n) is 3.74. The van der Waals surface area contributed by atoms with Gasteiger partial charge in [0.05, 0.1) is 5.69 Å². The minimum absolute atomic E-state index is 0.701. The summed E-state index contributed by atoms with van der Waals surface area (Å²) < 4.78 is 0. The highest BCUT2D eigenvalue weighted by atomic mass is 32.1. The van der Waals surface area contributed by atoms with E-state index in [1.165, 1.54) is 11.3 Å². The average Bonchev–Trinajstić information content (AvgIpc) is 2.77. The molecule has 0 bridgehead atoms. The molecule has 1 aromatic heterocycles. The molecule has 4 heteroatoms. The van der Waals surface area contributed by atoms with Gasteiger partial charge >= 0.3 is 0 Å². The highest BCUT2D eigenvalue weighted by Gasteiger charge is 2.04. The van der Waals surface area contributed by atoms with Gasteiger partial charge in [0.1, 0.15) is 5.01 Å². The van der Waals surface area contributed by atoms with E-state index in [0.29, 0.717) is 5.75 Å². The first-order valence-electron chi connectivity index (χ1n) is 5.03. The van der Waals surface area contributed by atoms with Crippen LogP contribution in [0, 0.1) is 0 Å². The van der Waals surface area contributed by atoms with E-state index in [1.54, 1.807) is 11.3 Å². The molecule has 2 rings (SSSR count). The standard InChI is InChI=1S/C12H14N2S2/c1-14(2)11-5-3-9(4-6-11)12-13-10(7-15)8-16-12/h3-6,8,15H,7H2,1-2H3. The first-order chi connectivity index (χ1) is 7.70. The van der Waals surface area contributed by atoms with E-state index in [-0.39, 0.29) is 0 Å². The molecular formula is C12H14N2S2. The molecule has 0 radical (unpaired) electrons. The topological polar surface area (TPSA) is 16.1 Å². The van der Waals surface area contributed by atoms with Crippen molar-refractivity contribution < 1.29 is 0 Å². The van der Waals surface area contributed by atoms with E-state index in [1.807, 2.05) is 14.1 Å². The van der Waals surface area contributed by atoms with Crippen LogP contribution in [0.25, 0.3) is 10.6 Å². The molecule has 0 aliphatic rings. The maximum Gasteiger partial charge on any atom is 0.123 e. The second kappa shape index (κ2) is 4.89. The van der Waals surface area contributed by atoms with E-state index in [2.05, 4.69) is 52.2 Å². The van der Waals surface area contributed by atoms with Gasteiger partial charge in [-0.15, -0.1) is 11.3 Å². The van der Waals surface area contributed by atoms with Crippen LogP contribution in [0.3, 0.4) is 0 Å². The van der Waals surface area contributed by atoms with Crippen LogP contribution in [-0.2, 0) is 5.75 Å². The molecular weight excluding hydrogens is 236 g/mol. The molecule has 2 aromatic rings. The number of thiol groups is 1. The molecule has 0 spiro atoms. The zero-order chi connectivity index (χ0) is 11.5. The molecule has 1 heterocycles. The number of rotatable bonds is 3. The summed E-state index contributed by atoms with van der Waals surface area (Å²) in [4.78, 5) is 6.59.